The maximum absolute atomic E-state index is 16.0. The molecule has 0 radical (unpaired) electrons. The second-order valence-electron chi connectivity index (χ2n) is 20.1. The van der Waals surface area contributed by atoms with Crippen LogP contribution in [-0.4, -0.2) is 156 Å². The number of pyridine rings is 1. The summed E-state index contributed by atoms with van der Waals surface area (Å²) in [5.74, 6) is 0.450. The Labute approximate surface area is 452 Å². The van der Waals surface area contributed by atoms with E-state index in [9.17, 15) is 64.6 Å². The van der Waals surface area contributed by atoms with Gasteiger partial charge in [-0.05, 0) is 82.1 Å². The molecule has 4 atom stereocenters. The third kappa shape index (κ3) is 14.7. The lowest BCUT2D eigenvalue weighted by Crippen LogP contribution is -2.66. The first kappa shape index (κ1) is 61.9. The highest BCUT2D eigenvalue weighted by molar-refractivity contribution is 5.87. The third-order valence-corrected chi connectivity index (χ3v) is 14.0. The number of benzene rings is 2. The number of hydrogen-bond acceptors (Lipinski definition) is 13. The first-order chi connectivity index (χ1) is 37.4. The largest absolute Gasteiger partial charge is 0.632 e. The van der Waals surface area contributed by atoms with Crippen LogP contribution in [0, 0.1) is 39.5 Å². The Morgan fingerprint density at radius 1 is 0.825 bits per heavy atom. The highest BCUT2D eigenvalue weighted by Crippen LogP contribution is 2.42. The van der Waals surface area contributed by atoms with Crippen LogP contribution in [0.2, 0.25) is 0 Å². The number of amides is 4. The molecular formula is C51H58F10N10O9. The molecule has 2 saturated heterocycles. The molecule has 29 heteroatoms. The minimum absolute atomic E-state index is 0.0712. The summed E-state index contributed by atoms with van der Waals surface area (Å²) in [6, 6.07) is 4.84. The Bertz CT molecular complexity index is 2860. The molecule has 0 saturated carbocycles. The minimum atomic E-state index is -5.24. The molecule has 6 rings (SSSR count). The van der Waals surface area contributed by atoms with Crippen molar-refractivity contribution in [3.8, 4) is 23.1 Å². The smallest absolute Gasteiger partial charge is 0.407 e. The number of nitrogens with one attached hydrogen (secondary N) is 4. The van der Waals surface area contributed by atoms with Gasteiger partial charge >= 0.3 is 31.1 Å². The van der Waals surface area contributed by atoms with Gasteiger partial charge in [0.15, 0.2) is 0 Å². The van der Waals surface area contributed by atoms with E-state index in [2.05, 4.69) is 36.7 Å². The van der Waals surface area contributed by atoms with E-state index in [0.717, 1.165) is 26.5 Å². The Hall–Kier alpha value is -7.26. The number of alkyl carbamates (subject to hydrolysis) is 2. The number of aliphatic hydroxyl groups is 1. The molecule has 4 amide bonds. The molecule has 4 heterocycles. The number of hydrogen-bond donors (Lipinski definition) is 5. The number of rotatable bonds is 19. The van der Waals surface area contributed by atoms with E-state index < -0.39 is 115 Å². The molecule has 0 spiro atoms. The number of piperazine rings is 1. The number of alkyl halides is 8. The van der Waals surface area contributed by atoms with Gasteiger partial charge in [-0.2, -0.15) is 40.2 Å². The summed E-state index contributed by atoms with van der Waals surface area (Å²) in [5, 5.41) is 35.1. The monoisotopic (exact) mass is 1140 g/mol. The van der Waals surface area contributed by atoms with Gasteiger partial charge in [-0.15, -0.1) is 0 Å². The average Bonchev–Trinajstić information content (AvgIpc) is 3.90. The van der Waals surface area contributed by atoms with Gasteiger partial charge in [0.25, 0.3) is 5.91 Å². The second-order valence-corrected chi connectivity index (χ2v) is 20.1. The molecule has 19 nitrogen and oxygen atoms in total. The fourth-order valence-corrected chi connectivity index (χ4v) is 8.46. The maximum Gasteiger partial charge on any atom is 0.407 e. The van der Waals surface area contributed by atoms with E-state index in [4.69, 9.17) is 4.74 Å². The van der Waals surface area contributed by atoms with Crippen LogP contribution in [-0.2, 0) is 36.8 Å². The zero-order valence-electron chi connectivity index (χ0n) is 43.9. The molecule has 2 fully saturated rings. The van der Waals surface area contributed by atoms with Crippen LogP contribution in [0.3, 0.4) is 0 Å². The summed E-state index contributed by atoms with van der Waals surface area (Å²) >= 11 is 0. The van der Waals surface area contributed by atoms with Crippen molar-refractivity contribution in [3.05, 3.63) is 106 Å². The summed E-state index contributed by atoms with van der Waals surface area (Å²) < 4.78 is 160. The van der Waals surface area contributed by atoms with Crippen LogP contribution < -0.4 is 26.3 Å². The highest BCUT2D eigenvalue weighted by Gasteiger charge is 2.57. The van der Waals surface area contributed by atoms with E-state index in [1.54, 1.807) is 23.6 Å². The number of carbonyl (C=O) groups excluding carboxylic acids is 4. The summed E-state index contributed by atoms with van der Waals surface area (Å²) in [6.45, 7) is -0.568. The van der Waals surface area contributed by atoms with Crippen LogP contribution in [0.1, 0.15) is 56.5 Å². The van der Waals surface area contributed by atoms with Crippen molar-refractivity contribution in [2.24, 2.45) is 10.8 Å². The van der Waals surface area contributed by atoms with Crippen LogP contribution >= 0.6 is 0 Å². The molecule has 2 aromatic heterocycles. The highest BCUT2D eigenvalue weighted by atomic mass is 19.4. The van der Waals surface area contributed by atoms with Crippen molar-refractivity contribution in [2.75, 3.05) is 65.1 Å². The van der Waals surface area contributed by atoms with Crippen molar-refractivity contribution in [1.82, 2.24) is 41.1 Å². The van der Waals surface area contributed by atoms with E-state index >= 15 is 8.78 Å². The van der Waals surface area contributed by atoms with Gasteiger partial charge < -0.3 is 50.0 Å². The SMILES string of the molecule is COC(=O)N[C@H](C(=O)N[C@@H](Cc1ccc(C#Cc2ccc(N3CC[N+]([O-])(C4COC4)CC3)nc2)cc1)[C@@H](O)CN(Cc1c(F)cc(-c2ccn(C(F)F)n2)cc1F)NC(=O)[C@@H](NC(=O)OC)C(C)(C)C(F)(F)F)C(C)(C)C(F)(F)F. The van der Waals surface area contributed by atoms with Gasteiger partial charge in [-0.1, -0.05) is 24.0 Å². The molecular weight excluding hydrogens is 1090 g/mol. The first-order valence-electron chi connectivity index (χ1n) is 24.5. The van der Waals surface area contributed by atoms with Gasteiger partial charge in [0.05, 0.1) is 69.1 Å². The average molecular weight is 1150 g/mol. The lowest BCUT2D eigenvalue weighted by molar-refractivity contribution is -0.915. The number of aromatic nitrogens is 3. The lowest BCUT2D eigenvalue weighted by atomic mass is 9.82. The fourth-order valence-electron chi connectivity index (χ4n) is 8.46. The molecule has 0 aliphatic carbocycles. The molecule has 2 aliphatic rings. The zero-order valence-corrected chi connectivity index (χ0v) is 43.9. The van der Waals surface area contributed by atoms with Crippen LogP contribution in [0.25, 0.3) is 11.3 Å². The predicted octanol–water partition coefficient (Wildman–Crippen LogP) is 6.10. The van der Waals surface area contributed by atoms with Crippen molar-refractivity contribution >= 4 is 29.8 Å². The number of anilines is 1. The van der Waals surface area contributed by atoms with Crippen molar-refractivity contribution in [1.29, 1.82) is 0 Å². The standard InChI is InChI=1S/C51H58F10N10O9/c1-48(2,50(56,57)58)41(64-46(75)78-5)43(73)63-38(21-30-10-7-29(8-11-30)9-12-31-13-14-40(62-24-31)68-17-19-71(77,20-18-68)33-27-80-28-33)39(72)26-69(67-44(74)42(65-47(76)79-6)49(3,4)51(59,60)61)25-34-35(52)22-32(23-36(34)53)37-15-16-70(66-37)45(54)55/h7-8,10-11,13-16,22-24,33,38-39,41-42,45,72H,17-21,25-28H2,1-6H3,(H,63,73)(H,64,75)(H,65,76)(H,67,74)/t38-,39-,41+,42+/m0/s1. The Balaban J connectivity index is 1.32. The fraction of sp³-hybridized carbons (Fsp3) is 0.490. The van der Waals surface area contributed by atoms with Crippen molar-refractivity contribution < 1.29 is 87.0 Å². The van der Waals surface area contributed by atoms with E-state index in [0.29, 0.717) is 101 Å². The number of halogens is 10. The number of hydrazine groups is 1. The number of quaternary nitrogens is 1. The predicted molar refractivity (Wildman–Crippen MR) is 264 cm³/mol. The molecule has 2 aliphatic heterocycles. The molecule has 80 heavy (non-hydrogen) atoms. The summed E-state index contributed by atoms with van der Waals surface area (Å²) in [4.78, 5) is 59.3. The minimum Gasteiger partial charge on any atom is -0.632 e. The number of carbonyl (C=O) groups is 4. The molecule has 2 aromatic carbocycles. The number of methoxy groups -OCH3 is 2. The number of aliphatic hydroxyl groups excluding tert-OH is 1. The van der Waals surface area contributed by atoms with E-state index in [-0.39, 0.29) is 32.2 Å². The van der Waals surface area contributed by atoms with Crippen molar-refractivity contribution in [3.63, 3.8) is 0 Å². The normalized spacial score (nSPS) is 16.6. The lowest BCUT2D eigenvalue weighted by Gasteiger charge is -2.55. The third-order valence-electron chi connectivity index (χ3n) is 14.0. The van der Waals surface area contributed by atoms with Gasteiger partial charge in [0.2, 0.25) is 5.91 Å². The van der Waals surface area contributed by atoms with Gasteiger partial charge in [0.1, 0.15) is 48.8 Å². The summed E-state index contributed by atoms with van der Waals surface area (Å²) in [7, 11) is 1.59. The summed E-state index contributed by atoms with van der Waals surface area (Å²) in [6.07, 6.45) is -13.7. The van der Waals surface area contributed by atoms with Gasteiger partial charge in [0, 0.05) is 47.7 Å². The van der Waals surface area contributed by atoms with Crippen LogP contribution in [0.15, 0.2) is 67.0 Å². The quantitative estimate of drug-likeness (QED) is 0.0236. The Kier molecular flexibility index (Phi) is 19.4. The number of hydroxylamine groups is 3. The molecule has 5 N–H and O–H groups in total. The zero-order chi connectivity index (χ0) is 59.1. The molecule has 436 valence electrons. The molecule has 0 bridgehead atoms. The van der Waals surface area contributed by atoms with Crippen LogP contribution in [0.4, 0.5) is 59.3 Å². The topological polar surface area (TPSA) is 225 Å². The second kappa shape index (κ2) is 25.0. The molecule has 4 aromatic rings. The van der Waals surface area contributed by atoms with E-state index in [1.165, 1.54) is 24.3 Å². The Morgan fingerprint density at radius 2 is 1.36 bits per heavy atom. The van der Waals surface area contributed by atoms with Crippen molar-refractivity contribution in [2.45, 2.75) is 89.8 Å². The number of nitrogens with zero attached hydrogens (tertiary/aromatic N) is 6. The maximum atomic E-state index is 16.0. The molecule has 0 unspecified atom stereocenters. The van der Waals surface area contributed by atoms with Crippen LogP contribution in [0.5, 0.6) is 0 Å². The summed E-state index contributed by atoms with van der Waals surface area (Å²) in [5.41, 5.74) is -4.61. The Morgan fingerprint density at radius 3 is 1.84 bits per heavy atom. The van der Waals surface area contributed by atoms with Gasteiger partial charge in [-0.25, -0.2) is 33.0 Å². The first-order valence-corrected chi connectivity index (χ1v) is 24.5. The van der Waals surface area contributed by atoms with Gasteiger partial charge in [-0.3, -0.25) is 15.0 Å². The van der Waals surface area contributed by atoms with E-state index in [1.807, 2.05) is 15.6 Å². The number of ether oxygens (including phenoxy) is 3.